The number of thiazole rings is 1. The van der Waals surface area contributed by atoms with Crippen molar-refractivity contribution in [2.75, 3.05) is 25.2 Å². The van der Waals surface area contributed by atoms with Crippen molar-refractivity contribution in [1.29, 1.82) is 0 Å². The molecule has 1 unspecified atom stereocenters. The lowest BCUT2D eigenvalue weighted by atomic mass is 9.95. The van der Waals surface area contributed by atoms with Gasteiger partial charge in [0.05, 0.1) is 24.4 Å². The fourth-order valence-corrected chi connectivity index (χ4v) is 5.99. The second-order valence-corrected chi connectivity index (χ2v) is 11.3. The number of carbonyl (C=O) groups is 4. The highest BCUT2D eigenvalue weighted by molar-refractivity contribution is 7.17. The number of aliphatic hydroxyl groups excluding tert-OH is 1. The van der Waals surface area contributed by atoms with E-state index in [4.69, 9.17) is 28.8 Å². The molecule has 3 heterocycles. The lowest BCUT2D eigenvalue weighted by Crippen LogP contribution is -2.29. The number of amides is 1. The number of carboxylic acids is 1. The van der Waals surface area contributed by atoms with Crippen molar-refractivity contribution >= 4 is 45.9 Å². The molecular weight excluding hydrogens is 628 g/mol. The normalized spacial score (nSPS) is 16.2. The SMILES string of the molecule is CC(=O)O.COC(=O)c1sc(N2C(=O)C(=O)C(=C(O)c3ccc4c(c3)OCCO4)C2c2cccc(OCc3ccccc3)c2)nc1C. The number of anilines is 1. The number of ketones is 1. The smallest absolute Gasteiger partial charge is 0.350 e. The summed E-state index contributed by atoms with van der Waals surface area (Å²) in [6.45, 7) is 3.73. The summed E-state index contributed by atoms with van der Waals surface area (Å²) in [4.78, 5) is 54.5. The minimum absolute atomic E-state index is 0.113. The molecule has 12 nitrogen and oxygen atoms in total. The van der Waals surface area contributed by atoms with Gasteiger partial charge in [-0.2, -0.15) is 0 Å². The number of nitrogens with zero attached hydrogens (tertiary/aromatic N) is 2. The maximum absolute atomic E-state index is 13.6. The number of ether oxygens (including phenoxy) is 4. The van der Waals surface area contributed by atoms with Gasteiger partial charge in [-0.15, -0.1) is 0 Å². The Balaban J connectivity index is 0.00000103. The topological polar surface area (TPSA) is 162 Å². The summed E-state index contributed by atoms with van der Waals surface area (Å²) in [7, 11) is 1.25. The number of rotatable bonds is 7. The zero-order valence-corrected chi connectivity index (χ0v) is 26.4. The number of Topliss-reactive ketones (excluding diaryl/α,β-unsaturated/α-hetero) is 1. The Bertz CT molecular complexity index is 1860. The number of carbonyl (C=O) groups excluding carboxylic acids is 3. The van der Waals surface area contributed by atoms with E-state index in [2.05, 4.69) is 4.98 Å². The molecule has 0 radical (unpaired) electrons. The Hall–Kier alpha value is -5.69. The van der Waals surface area contributed by atoms with Crippen molar-refractivity contribution in [3.63, 3.8) is 0 Å². The van der Waals surface area contributed by atoms with Crippen LogP contribution in [0.2, 0.25) is 0 Å². The largest absolute Gasteiger partial charge is 0.507 e. The van der Waals surface area contributed by atoms with Crippen LogP contribution >= 0.6 is 11.3 Å². The highest BCUT2D eigenvalue weighted by Crippen LogP contribution is 2.45. The van der Waals surface area contributed by atoms with Crippen LogP contribution < -0.4 is 19.1 Å². The van der Waals surface area contributed by atoms with Gasteiger partial charge >= 0.3 is 11.9 Å². The van der Waals surface area contributed by atoms with Crippen LogP contribution in [0.5, 0.6) is 17.2 Å². The fourth-order valence-electron chi connectivity index (χ4n) is 4.97. The van der Waals surface area contributed by atoms with Crippen molar-refractivity contribution < 1.29 is 48.3 Å². The van der Waals surface area contributed by atoms with E-state index in [0.717, 1.165) is 23.8 Å². The van der Waals surface area contributed by atoms with Gasteiger partial charge in [-0.05, 0) is 48.4 Å². The number of hydrogen-bond donors (Lipinski definition) is 2. The first kappa shape index (κ1) is 32.7. The summed E-state index contributed by atoms with van der Waals surface area (Å²) < 4.78 is 22.1. The van der Waals surface area contributed by atoms with Crippen LogP contribution in [-0.2, 0) is 25.7 Å². The summed E-state index contributed by atoms with van der Waals surface area (Å²) in [5.74, 6) is -2.21. The van der Waals surface area contributed by atoms with E-state index in [9.17, 15) is 19.5 Å². The maximum atomic E-state index is 13.6. The first-order chi connectivity index (χ1) is 22.6. The number of aryl methyl sites for hydroxylation is 1. The summed E-state index contributed by atoms with van der Waals surface area (Å²) in [6, 6.07) is 20.3. The molecular formula is C34H30N2O10S. The Kier molecular flexibility index (Phi) is 9.85. The van der Waals surface area contributed by atoms with Gasteiger partial charge in [-0.1, -0.05) is 53.8 Å². The Morgan fingerprint density at radius 1 is 0.979 bits per heavy atom. The highest BCUT2D eigenvalue weighted by Gasteiger charge is 2.48. The Morgan fingerprint density at radius 2 is 1.68 bits per heavy atom. The standard InChI is InChI=1S/C32H26N2O8S.C2H4O2/c1-18-29(31(38)39-2)43-32(33-18)34-26(20-9-6-10-22(15-20)42-17-19-7-4-3-5-8-19)25(28(36)30(34)37)27(35)21-11-12-23-24(16-21)41-14-13-40-23;1-2(3)4/h3-12,15-16,26,35H,13-14,17H2,1-2H3;1H3,(H,3,4). The monoisotopic (exact) mass is 658 g/mol. The van der Waals surface area contributed by atoms with E-state index in [0.29, 0.717) is 48.3 Å². The van der Waals surface area contributed by atoms with E-state index in [1.165, 1.54) is 12.0 Å². The molecule has 1 saturated heterocycles. The molecule has 1 amide bonds. The minimum atomic E-state index is -1.08. The second-order valence-electron chi connectivity index (χ2n) is 10.3. The first-order valence-corrected chi connectivity index (χ1v) is 15.1. The number of benzene rings is 3. The van der Waals surface area contributed by atoms with E-state index in [1.54, 1.807) is 49.4 Å². The summed E-state index contributed by atoms with van der Waals surface area (Å²) in [5, 5.41) is 19.1. The fraction of sp³-hybridized carbons (Fsp3) is 0.206. The van der Waals surface area contributed by atoms with Crippen LogP contribution in [0.3, 0.4) is 0 Å². The highest BCUT2D eigenvalue weighted by atomic mass is 32.1. The lowest BCUT2D eigenvalue weighted by molar-refractivity contribution is -0.134. The van der Waals surface area contributed by atoms with E-state index >= 15 is 0 Å². The third-order valence-corrected chi connectivity index (χ3v) is 8.18. The third kappa shape index (κ3) is 7.10. The molecule has 3 aromatic carbocycles. The quantitative estimate of drug-likeness (QED) is 0.115. The number of hydrogen-bond acceptors (Lipinski definition) is 11. The molecule has 47 heavy (non-hydrogen) atoms. The van der Waals surface area contributed by atoms with Crippen LogP contribution in [0, 0.1) is 6.92 Å². The van der Waals surface area contributed by atoms with Gasteiger partial charge in [0.25, 0.3) is 11.8 Å². The number of methoxy groups -OCH3 is 1. The zero-order valence-electron chi connectivity index (χ0n) is 25.6. The average Bonchev–Trinajstić information content (AvgIpc) is 3.59. The van der Waals surface area contributed by atoms with Crippen LogP contribution in [0.1, 0.15) is 45.0 Å². The van der Waals surface area contributed by atoms with Crippen molar-refractivity contribution in [2.45, 2.75) is 26.5 Å². The molecule has 0 spiro atoms. The molecule has 0 bridgehead atoms. The number of fused-ring (bicyclic) bond motifs is 1. The molecule has 1 atom stereocenters. The number of aliphatic hydroxyl groups is 1. The number of aliphatic carboxylic acids is 1. The van der Waals surface area contributed by atoms with Crippen LogP contribution in [0.25, 0.3) is 5.76 Å². The Morgan fingerprint density at radius 3 is 2.38 bits per heavy atom. The third-order valence-electron chi connectivity index (χ3n) is 7.04. The molecule has 1 fully saturated rings. The van der Waals surface area contributed by atoms with Crippen LogP contribution in [0.4, 0.5) is 5.13 Å². The van der Waals surface area contributed by atoms with Gasteiger partial charge < -0.3 is 29.2 Å². The van der Waals surface area contributed by atoms with Crippen molar-refractivity contribution in [1.82, 2.24) is 4.98 Å². The van der Waals surface area contributed by atoms with E-state index in [-0.39, 0.29) is 26.9 Å². The average molecular weight is 659 g/mol. The predicted octanol–water partition coefficient (Wildman–Crippen LogP) is 5.31. The first-order valence-electron chi connectivity index (χ1n) is 14.3. The van der Waals surface area contributed by atoms with Gasteiger partial charge in [0.2, 0.25) is 0 Å². The zero-order chi connectivity index (χ0) is 33.7. The Labute approximate surface area is 273 Å². The molecule has 0 saturated carbocycles. The van der Waals surface area contributed by atoms with Gasteiger partial charge in [0.1, 0.15) is 36.2 Å². The number of esters is 1. The van der Waals surface area contributed by atoms with Crippen molar-refractivity contribution in [2.24, 2.45) is 0 Å². The number of carboxylic acid groups (broad SMARTS) is 1. The molecule has 0 aliphatic carbocycles. The van der Waals surface area contributed by atoms with Gasteiger partial charge in [-0.3, -0.25) is 19.3 Å². The van der Waals surface area contributed by atoms with Crippen LogP contribution in [0.15, 0.2) is 78.4 Å². The molecule has 2 aliphatic rings. The van der Waals surface area contributed by atoms with Crippen molar-refractivity contribution in [3.05, 3.63) is 106 Å². The number of aromatic nitrogens is 1. The van der Waals surface area contributed by atoms with Gasteiger partial charge in [-0.25, -0.2) is 9.78 Å². The molecule has 13 heteroatoms. The van der Waals surface area contributed by atoms with E-state index in [1.807, 2.05) is 30.3 Å². The summed E-state index contributed by atoms with van der Waals surface area (Å²) in [6.07, 6.45) is 0. The minimum Gasteiger partial charge on any atom is -0.507 e. The second kappa shape index (κ2) is 14.2. The lowest BCUT2D eigenvalue weighted by Gasteiger charge is -2.24. The maximum Gasteiger partial charge on any atom is 0.350 e. The predicted molar refractivity (Wildman–Crippen MR) is 171 cm³/mol. The molecule has 4 aromatic rings. The van der Waals surface area contributed by atoms with Gasteiger partial charge in [0.15, 0.2) is 16.6 Å². The molecule has 2 aliphatic heterocycles. The molecule has 242 valence electrons. The van der Waals surface area contributed by atoms with Crippen molar-refractivity contribution in [3.8, 4) is 17.2 Å². The molecule has 1 aromatic heterocycles. The van der Waals surface area contributed by atoms with Crippen LogP contribution in [-0.4, -0.2) is 59.1 Å². The van der Waals surface area contributed by atoms with E-state index < -0.39 is 29.7 Å². The summed E-state index contributed by atoms with van der Waals surface area (Å²) >= 11 is 0.929. The summed E-state index contributed by atoms with van der Waals surface area (Å²) in [5.41, 5.74) is 1.94. The van der Waals surface area contributed by atoms with Gasteiger partial charge in [0, 0.05) is 12.5 Å². The molecule has 6 rings (SSSR count). The molecule has 2 N–H and O–H groups in total.